The fourth-order valence-corrected chi connectivity index (χ4v) is 3.40. The van der Waals surface area contributed by atoms with Crippen LogP contribution in [0.5, 0.6) is 0 Å². The highest BCUT2D eigenvalue weighted by atomic mass is 15.2. The summed E-state index contributed by atoms with van der Waals surface area (Å²) in [5.74, 6) is 0.598. The smallest absolute Gasteiger partial charge is 0.0388 e. The third kappa shape index (κ3) is 2.26. The molecule has 1 heterocycles. The molecule has 19 heavy (non-hydrogen) atoms. The van der Waals surface area contributed by atoms with E-state index in [1.165, 1.54) is 29.3 Å². The molecule has 0 saturated carbocycles. The minimum Gasteiger partial charge on any atom is -0.330 e. The molecule has 1 aliphatic rings. The summed E-state index contributed by atoms with van der Waals surface area (Å²) in [7, 11) is 0. The Hall–Kier alpha value is -1.38. The molecule has 2 aromatic rings. The normalized spacial score (nSPS) is 24.1. The van der Waals surface area contributed by atoms with Crippen molar-refractivity contribution in [2.45, 2.75) is 19.4 Å². The van der Waals surface area contributed by atoms with Gasteiger partial charge in [0.2, 0.25) is 0 Å². The second-order valence-electron chi connectivity index (χ2n) is 5.46. The lowest BCUT2D eigenvalue weighted by Crippen LogP contribution is -2.28. The molecule has 0 aromatic heterocycles. The molecule has 2 aromatic carbocycles. The molecule has 0 radical (unpaired) electrons. The highest BCUT2D eigenvalue weighted by molar-refractivity contribution is 5.83. The maximum atomic E-state index is 5.96. The second-order valence-corrected chi connectivity index (χ2v) is 5.46. The van der Waals surface area contributed by atoms with Crippen LogP contribution in [0.15, 0.2) is 42.5 Å². The first-order valence-electron chi connectivity index (χ1n) is 7.26. The predicted octanol–water partition coefficient (Wildman–Crippen LogP) is 3.18. The molecule has 2 nitrogen and oxygen atoms in total. The van der Waals surface area contributed by atoms with Crippen molar-refractivity contribution in [3.63, 3.8) is 0 Å². The van der Waals surface area contributed by atoms with Gasteiger partial charge in [-0.2, -0.15) is 0 Å². The van der Waals surface area contributed by atoms with Crippen molar-refractivity contribution in [3.05, 3.63) is 48.0 Å². The van der Waals surface area contributed by atoms with Crippen LogP contribution in [-0.4, -0.2) is 24.5 Å². The van der Waals surface area contributed by atoms with Crippen LogP contribution in [0.4, 0.5) is 0 Å². The van der Waals surface area contributed by atoms with Crippen molar-refractivity contribution >= 4 is 10.8 Å². The lowest BCUT2D eigenvalue weighted by molar-refractivity contribution is 0.242. The molecule has 0 aliphatic carbocycles. The van der Waals surface area contributed by atoms with Crippen molar-refractivity contribution < 1.29 is 0 Å². The quantitative estimate of drug-likeness (QED) is 0.911. The Bertz CT molecular complexity index is 552. The minimum atomic E-state index is 0.500. The third-order valence-corrected chi connectivity index (χ3v) is 4.45. The molecular formula is C17H22N2. The minimum absolute atomic E-state index is 0.500. The summed E-state index contributed by atoms with van der Waals surface area (Å²) >= 11 is 0. The van der Waals surface area contributed by atoms with E-state index in [1.54, 1.807) is 0 Å². The van der Waals surface area contributed by atoms with Crippen molar-refractivity contribution in [2.75, 3.05) is 19.6 Å². The zero-order valence-electron chi connectivity index (χ0n) is 11.5. The van der Waals surface area contributed by atoms with E-state index in [2.05, 4.69) is 54.3 Å². The van der Waals surface area contributed by atoms with E-state index in [0.717, 1.165) is 13.1 Å². The van der Waals surface area contributed by atoms with Gasteiger partial charge in [-0.05, 0) is 54.4 Å². The van der Waals surface area contributed by atoms with Crippen LogP contribution >= 0.6 is 0 Å². The van der Waals surface area contributed by atoms with Crippen LogP contribution in [0, 0.1) is 5.92 Å². The van der Waals surface area contributed by atoms with Gasteiger partial charge in [-0.25, -0.2) is 0 Å². The van der Waals surface area contributed by atoms with E-state index in [0.29, 0.717) is 12.0 Å². The number of hydrogen-bond acceptors (Lipinski definition) is 2. The number of benzene rings is 2. The summed E-state index contributed by atoms with van der Waals surface area (Å²) in [6.07, 6.45) is 1.22. The van der Waals surface area contributed by atoms with Crippen molar-refractivity contribution in [1.29, 1.82) is 0 Å². The molecule has 1 saturated heterocycles. The standard InChI is InChI=1S/C17H22N2/c1-2-19-10-9-16(12-18)17(19)15-8-7-13-5-3-4-6-14(13)11-15/h3-8,11,16-17H,2,9-10,12,18H2,1H3. The highest BCUT2D eigenvalue weighted by Crippen LogP contribution is 2.37. The average molecular weight is 254 g/mol. The van der Waals surface area contributed by atoms with Gasteiger partial charge in [-0.3, -0.25) is 4.90 Å². The maximum absolute atomic E-state index is 5.96. The maximum Gasteiger partial charge on any atom is 0.0388 e. The van der Waals surface area contributed by atoms with Crippen LogP contribution < -0.4 is 5.73 Å². The Kier molecular flexibility index (Phi) is 3.54. The average Bonchev–Trinajstić information content (AvgIpc) is 2.89. The monoisotopic (exact) mass is 254 g/mol. The lowest BCUT2D eigenvalue weighted by Gasteiger charge is -2.27. The van der Waals surface area contributed by atoms with E-state index in [1.807, 2.05) is 0 Å². The molecule has 2 heteroatoms. The first-order chi connectivity index (χ1) is 9.33. The molecule has 3 rings (SSSR count). The summed E-state index contributed by atoms with van der Waals surface area (Å²) in [4.78, 5) is 2.56. The molecule has 1 fully saturated rings. The van der Waals surface area contributed by atoms with Gasteiger partial charge in [-0.15, -0.1) is 0 Å². The van der Waals surface area contributed by atoms with Crippen molar-refractivity contribution in [1.82, 2.24) is 4.90 Å². The van der Waals surface area contributed by atoms with Crippen LogP contribution in [0.2, 0.25) is 0 Å². The van der Waals surface area contributed by atoms with Gasteiger partial charge in [0.25, 0.3) is 0 Å². The van der Waals surface area contributed by atoms with Gasteiger partial charge >= 0.3 is 0 Å². The summed E-state index contributed by atoms with van der Waals surface area (Å²) in [5.41, 5.74) is 7.39. The number of rotatable bonds is 3. The fourth-order valence-electron chi connectivity index (χ4n) is 3.40. The number of nitrogens with two attached hydrogens (primary N) is 1. The number of likely N-dealkylation sites (tertiary alicyclic amines) is 1. The Morgan fingerprint density at radius 1 is 1.16 bits per heavy atom. The molecule has 100 valence electrons. The number of hydrogen-bond donors (Lipinski definition) is 1. The topological polar surface area (TPSA) is 29.3 Å². The second kappa shape index (κ2) is 5.32. The molecule has 2 unspecified atom stereocenters. The molecule has 0 spiro atoms. The van der Waals surface area contributed by atoms with Gasteiger partial charge in [-0.1, -0.05) is 43.3 Å². The van der Waals surface area contributed by atoms with Crippen LogP contribution in [0.3, 0.4) is 0 Å². The number of fused-ring (bicyclic) bond motifs is 1. The van der Waals surface area contributed by atoms with E-state index >= 15 is 0 Å². The molecule has 2 atom stereocenters. The summed E-state index contributed by atoms with van der Waals surface area (Å²) in [6.45, 7) is 5.31. The SMILES string of the molecule is CCN1CCC(CN)C1c1ccc2ccccc2c1. The van der Waals surface area contributed by atoms with E-state index in [-0.39, 0.29) is 0 Å². The first kappa shape index (κ1) is 12.6. The van der Waals surface area contributed by atoms with Crippen molar-refractivity contribution in [2.24, 2.45) is 11.7 Å². The molecule has 0 bridgehead atoms. The third-order valence-electron chi connectivity index (χ3n) is 4.45. The van der Waals surface area contributed by atoms with Gasteiger partial charge < -0.3 is 5.73 Å². The Morgan fingerprint density at radius 3 is 2.68 bits per heavy atom. The van der Waals surface area contributed by atoms with E-state index < -0.39 is 0 Å². The fraction of sp³-hybridized carbons (Fsp3) is 0.412. The van der Waals surface area contributed by atoms with Crippen LogP contribution in [0.1, 0.15) is 24.9 Å². The highest BCUT2D eigenvalue weighted by Gasteiger charge is 2.33. The van der Waals surface area contributed by atoms with Crippen molar-refractivity contribution in [3.8, 4) is 0 Å². The molecular weight excluding hydrogens is 232 g/mol. The zero-order chi connectivity index (χ0) is 13.2. The van der Waals surface area contributed by atoms with Gasteiger partial charge in [0.15, 0.2) is 0 Å². The lowest BCUT2D eigenvalue weighted by atomic mass is 9.92. The summed E-state index contributed by atoms with van der Waals surface area (Å²) < 4.78 is 0. The van der Waals surface area contributed by atoms with Gasteiger partial charge in [0, 0.05) is 6.04 Å². The van der Waals surface area contributed by atoms with Gasteiger partial charge in [0.1, 0.15) is 0 Å². The Morgan fingerprint density at radius 2 is 1.95 bits per heavy atom. The van der Waals surface area contributed by atoms with Crippen LogP contribution in [0.25, 0.3) is 10.8 Å². The molecule has 2 N–H and O–H groups in total. The van der Waals surface area contributed by atoms with Gasteiger partial charge in [0.05, 0.1) is 0 Å². The van der Waals surface area contributed by atoms with Crippen LogP contribution in [-0.2, 0) is 0 Å². The van der Waals surface area contributed by atoms with E-state index in [9.17, 15) is 0 Å². The van der Waals surface area contributed by atoms with E-state index in [4.69, 9.17) is 5.73 Å². The number of nitrogens with zero attached hydrogens (tertiary/aromatic N) is 1. The first-order valence-corrected chi connectivity index (χ1v) is 7.26. The molecule has 0 amide bonds. The molecule has 1 aliphatic heterocycles. The predicted molar refractivity (Wildman–Crippen MR) is 81.1 cm³/mol. The Labute approximate surface area is 115 Å². The largest absolute Gasteiger partial charge is 0.330 e. The zero-order valence-corrected chi connectivity index (χ0v) is 11.5. The summed E-state index contributed by atoms with van der Waals surface area (Å²) in [5, 5.41) is 2.65. The Balaban J connectivity index is 2.01. The summed E-state index contributed by atoms with van der Waals surface area (Å²) in [6, 6.07) is 15.9.